The minimum atomic E-state index is -0.705. The zero-order chi connectivity index (χ0) is 19.8. The maximum absolute atomic E-state index is 13.2. The van der Waals surface area contributed by atoms with Crippen LogP contribution in [0.15, 0.2) is 54.6 Å². The molecule has 28 heavy (non-hydrogen) atoms. The molecule has 0 spiro atoms. The quantitative estimate of drug-likeness (QED) is 0.554. The summed E-state index contributed by atoms with van der Waals surface area (Å²) < 4.78 is 6.65. The van der Waals surface area contributed by atoms with E-state index in [9.17, 15) is 14.4 Å². The highest BCUT2D eigenvalue weighted by atomic mass is 16.5. The van der Waals surface area contributed by atoms with Crippen LogP contribution in [0.3, 0.4) is 0 Å². The number of benzene rings is 2. The molecular formula is C22H18N2O4. The number of nitrogens with two attached hydrogens (primary N) is 1. The van der Waals surface area contributed by atoms with Crippen LogP contribution >= 0.6 is 0 Å². The minimum Gasteiger partial charge on any atom is -0.462 e. The van der Waals surface area contributed by atoms with E-state index in [2.05, 4.69) is 0 Å². The fourth-order valence-corrected chi connectivity index (χ4v) is 3.58. The third kappa shape index (κ3) is 2.62. The lowest BCUT2D eigenvalue weighted by Gasteiger charge is -2.17. The highest BCUT2D eigenvalue weighted by Crippen LogP contribution is 2.35. The van der Waals surface area contributed by atoms with Crippen LogP contribution in [-0.4, -0.2) is 28.7 Å². The number of carbonyl (C=O) groups excluding carboxylic acids is 3. The Hall–Kier alpha value is -3.67. The Bertz CT molecular complexity index is 1110. The Morgan fingerprint density at radius 2 is 1.57 bits per heavy atom. The normalized spacial score (nSPS) is 12.5. The van der Waals surface area contributed by atoms with E-state index in [1.165, 1.54) is 4.57 Å². The number of anilines is 1. The van der Waals surface area contributed by atoms with E-state index in [4.69, 9.17) is 10.5 Å². The van der Waals surface area contributed by atoms with Crippen LogP contribution < -0.4 is 5.73 Å². The van der Waals surface area contributed by atoms with Crippen LogP contribution in [0.4, 0.5) is 5.82 Å². The van der Waals surface area contributed by atoms with E-state index < -0.39 is 11.8 Å². The maximum atomic E-state index is 13.2. The number of hydrogen-bond acceptors (Lipinski definition) is 5. The van der Waals surface area contributed by atoms with Crippen molar-refractivity contribution in [3.63, 3.8) is 0 Å². The standard InChI is InChI=1S/C22H18N2O4/c1-2-28-22(27)17-16-18(20(26)15-11-7-6-10-14(15)19(16)25)24(21(17)23)12-13-8-4-3-5-9-13/h3-11H,2,12,23H2,1H3. The van der Waals surface area contributed by atoms with Crippen LogP contribution in [0.25, 0.3) is 0 Å². The van der Waals surface area contributed by atoms with Gasteiger partial charge in [0.2, 0.25) is 5.78 Å². The smallest absolute Gasteiger partial charge is 0.342 e. The summed E-state index contributed by atoms with van der Waals surface area (Å²) in [5.74, 6) is -1.37. The van der Waals surface area contributed by atoms with Crippen molar-refractivity contribution < 1.29 is 19.1 Å². The Balaban J connectivity index is 1.97. The molecule has 6 nitrogen and oxygen atoms in total. The van der Waals surface area contributed by atoms with Crippen molar-refractivity contribution in [2.75, 3.05) is 12.3 Å². The molecule has 4 rings (SSSR count). The Morgan fingerprint density at radius 1 is 0.964 bits per heavy atom. The highest BCUT2D eigenvalue weighted by Gasteiger charge is 2.39. The molecular weight excluding hydrogens is 356 g/mol. The van der Waals surface area contributed by atoms with Gasteiger partial charge < -0.3 is 15.0 Å². The Kier molecular flexibility index (Phi) is 4.31. The van der Waals surface area contributed by atoms with E-state index >= 15 is 0 Å². The summed E-state index contributed by atoms with van der Waals surface area (Å²) >= 11 is 0. The molecule has 0 saturated carbocycles. The summed E-state index contributed by atoms with van der Waals surface area (Å²) in [6.07, 6.45) is 0. The molecule has 1 heterocycles. The summed E-state index contributed by atoms with van der Waals surface area (Å²) in [4.78, 5) is 39.0. The zero-order valence-electron chi connectivity index (χ0n) is 15.3. The van der Waals surface area contributed by atoms with Crippen molar-refractivity contribution in [1.29, 1.82) is 0 Å². The minimum absolute atomic E-state index is 0.0237. The molecule has 0 bridgehead atoms. The third-order valence-corrected chi connectivity index (χ3v) is 4.83. The molecule has 2 aromatic carbocycles. The van der Waals surface area contributed by atoms with E-state index in [0.29, 0.717) is 5.56 Å². The molecule has 0 aliphatic heterocycles. The molecule has 0 unspecified atom stereocenters. The number of esters is 1. The number of nitrogens with zero attached hydrogens (tertiary/aromatic N) is 1. The molecule has 1 aromatic heterocycles. The average Bonchev–Trinajstić information content (AvgIpc) is 3.00. The van der Waals surface area contributed by atoms with Crippen molar-refractivity contribution in [2.24, 2.45) is 0 Å². The van der Waals surface area contributed by atoms with Crippen molar-refractivity contribution >= 4 is 23.4 Å². The van der Waals surface area contributed by atoms with Crippen LogP contribution in [0.5, 0.6) is 0 Å². The number of hydrogen-bond donors (Lipinski definition) is 1. The van der Waals surface area contributed by atoms with Crippen LogP contribution in [-0.2, 0) is 11.3 Å². The molecule has 0 radical (unpaired) electrons. The average molecular weight is 374 g/mol. The van der Waals surface area contributed by atoms with E-state index in [0.717, 1.165) is 5.56 Å². The molecule has 6 heteroatoms. The van der Waals surface area contributed by atoms with Crippen molar-refractivity contribution in [1.82, 2.24) is 4.57 Å². The van der Waals surface area contributed by atoms with Gasteiger partial charge >= 0.3 is 5.97 Å². The summed E-state index contributed by atoms with van der Waals surface area (Å²) in [5, 5.41) is 0. The number of ether oxygens (including phenoxy) is 1. The van der Waals surface area contributed by atoms with Gasteiger partial charge in [0.1, 0.15) is 17.1 Å². The molecule has 0 saturated heterocycles. The van der Waals surface area contributed by atoms with Gasteiger partial charge in [-0.05, 0) is 12.5 Å². The van der Waals surface area contributed by atoms with Gasteiger partial charge in [0, 0.05) is 17.7 Å². The van der Waals surface area contributed by atoms with Crippen LogP contribution in [0.2, 0.25) is 0 Å². The number of ketones is 2. The molecule has 0 fully saturated rings. The van der Waals surface area contributed by atoms with E-state index in [1.807, 2.05) is 30.3 Å². The largest absolute Gasteiger partial charge is 0.462 e. The van der Waals surface area contributed by atoms with Crippen molar-refractivity contribution in [3.8, 4) is 0 Å². The molecule has 1 aliphatic rings. The number of fused-ring (bicyclic) bond motifs is 2. The first-order valence-electron chi connectivity index (χ1n) is 8.96. The second-order valence-corrected chi connectivity index (χ2v) is 6.48. The summed E-state index contributed by atoms with van der Waals surface area (Å²) in [6.45, 7) is 2.06. The monoisotopic (exact) mass is 374 g/mol. The number of aromatic nitrogens is 1. The lowest BCUT2D eigenvalue weighted by atomic mass is 9.86. The van der Waals surface area contributed by atoms with Gasteiger partial charge in [-0.25, -0.2) is 4.79 Å². The topological polar surface area (TPSA) is 91.4 Å². The molecule has 0 atom stereocenters. The fraction of sp³-hybridized carbons (Fsp3) is 0.136. The van der Waals surface area contributed by atoms with E-state index in [1.54, 1.807) is 31.2 Å². The second-order valence-electron chi connectivity index (χ2n) is 6.48. The van der Waals surface area contributed by atoms with Gasteiger partial charge in [0.15, 0.2) is 5.78 Å². The third-order valence-electron chi connectivity index (χ3n) is 4.83. The van der Waals surface area contributed by atoms with Gasteiger partial charge in [-0.2, -0.15) is 0 Å². The first-order chi connectivity index (χ1) is 13.5. The van der Waals surface area contributed by atoms with Crippen molar-refractivity contribution in [3.05, 3.63) is 88.1 Å². The molecule has 2 N–H and O–H groups in total. The number of carbonyl (C=O) groups is 3. The lowest BCUT2D eigenvalue weighted by Crippen LogP contribution is -2.24. The Morgan fingerprint density at radius 3 is 2.21 bits per heavy atom. The SMILES string of the molecule is CCOC(=O)c1c2c(n(Cc3ccccc3)c1N)C(=O)c1ccccc1C2=O. The van der Waals surface area contributed by atoms with Crippen molar-refractivity contribution in [2.45, 2.75) is 13.5 Å². The maximum Gasteiger partial charge on any atom is 0.342 e. The summed E-state index contributed by atoms with van der Waals surface area (Å²) in [6, 6.07) is 16.0. The van der Waals surface area contributed by atoms with E-state index in [-0.39, 0.29) is 47.1 Å². The van der Waals surface area contributed by atoms with Gasteiger partial charge in [-0.1, -0.05) is 54.6 Å². The van der Waals surface area contributed by atoms with Gasteiger partial charge in [0.05, 0.1) is 12.2 Å². The molecule has 3 aromatic rings. The highest BCUT2D eigenvalue weighted by molar-refractivity contribution is 6.31. The first kappa shape index (κ1) is 17.7. The lowest BCUT2D eigenvalue weighted by molar-refractivity contribution is 0.0525. The summed E-state index contributed by atoms with van der Waals surface area (Å²) in [5.41, 5.74) is 7.86. The van der Waals surface area contributed by atoms with Gasteiger partial charge in [-0.15, -0.1) is 0 Å². The van der Waals surface area contributed by atoms with Gasteiger partial charge in [0.25, 0.3) is 0 Å². The van der Waals surface area contributed by atoms with Crippen LogP contribution in [0.1, 0.15) is 54.8 Å². The fourth-order valence-electron chi connectivity index (χ4n) is 3.58. The molecule has 140 valence electrons. The number of rotatable bonds is 4. The van der Waals surface area contributed by atoms with Gasteiger partial charge in [-0.3, -0.25) is 9.59 Å². The van der Waals surface area contributed by atoms with Crippen LogP contribution in [0, 0.1) is 0 Å². The molecule has 0 amide bonds. The first-order valence-corrected chi connectivity index (χ1v) is 8.96. The molecule has 1 aliphatic carbocycles. The second kappa shape index (κ2) is 6.81. The predicted molar refractivity (Wildman–Crippen MR) is 104 cm³/mol. The zero-order valence-corrected chi connectivity index (χ0v) is 15.3. The predicted octanol–water partition coefficient (Wildman–Crippen LogP) is 3.07. The summed E-state index contributed by atoms with van der Waals surface area (Å²) in [7, 11) is 0. The Labute approximate surface area is 161 Å². The number of nitrogen functional groups attached to an aromatic ring is 1.